The van der Waals surface area contributed by atoms with Crippen LogP contribution in [0.4, 0.5) is 0 Å². The standard InChI is InChI=1S/C11H17NO3/c1-12-2-3-15-11-5-9(7-13)4-10(6-11)8-14/h4-6,12-14H,2-3,7-8H2,1H3. The molecular weight excluding hydrogens is 194 g/mol. The van der Waals surface area contributed by atoms with Gasteiger partial charge in [0.25, 0.3) is 0 Å². The fourth-order valence-corrected chi connectivity index (χ4v) is 1.27. The maximum atomic E-state index is 9.00. The molecule has 0 radical (unpaired) electrons. The van der Waals surface area contributed by atoms with Crippen LogP contribution in [0.25, 0.3) is 0 Å². The Morgan fingerprint density at radius 1 is 1.13 bits per heavy atom. The summed E-state index contributed by atoms with van der Waals surface area (Å²) in [6, 6.07) is 5.30. The average Bonchev–Trinajstić information content (AvgIpc) is 2.29. The zero-order valence-electron chi connectivity index (χ0n) is 8.86. The van der Waals surface area contributed by atoms with Crippen LogP contribution in [0.15, 0.2) is 18.2 Å². The van der Waals surface area contributed by atoms with Gasteiger partial charge in [-0.15, -0.1) is 0 Å². The van der Waals surface area contributed by atoms with Crippen LogP contribution in [0.5, 0.6) is 5.75 Å². The molecule has 84 valence electrons. The van der Waals surface area contributed by atoms with Crippen LogP contribution in [0.3, 0.4) is 0 Å². The largest absolute Gasteiger partial charge is 0.492 e. The molecule has 0 saturated carbocycles. The predicted molar refractivity (Wildman–Crippen MR) is 57.7 cm³/mol. The Hall–Kier alpha value is -1.10. The molecule has 1 rings (SSSR count). The Labute approximate surface area is 89.5 Å². The number of hydrogen-bond acceptors (Lipinski definition) is 4. The first kappa shape index (κ1) is 12.0. The first-order chi connectivity index (χ1) is 7.30. The summed E-state index contributed by atoms with van der Waals surface area (Å²) in [5, 5.41) is 21.0. The normalized spacial score (nSPS) is 10.3. The van der Waals surface area contributed by atoms with E-state index in [1.54, 1.807) is 18.2 Å². The van der Waals surface area contributed by atoms with Crippen LogP contribution < -0.4 is 10.1 Å². The maximum absolute atomic E-state index is 9.00. The predicted octanol–water partition coefficient (Wildman–Crippen LogP) is 0.269. The van der Waals surface area contributed by atoms with Gasteiger partial charge in [-0.25, -0.2) is 0 Å². The zero-order chi connectivity index (χ0) is 11.1. The number of likely N-dealkylation sites (N-methyl/N-ethyl adjacent to an activating group) is 1. The second-order valence-corrected chi connectivity index (χ2v) is 3.25. The minimum atomic E-state index is -0.0454. The number of benzene rings is 1. The molecular formula is C11H17NO3. The lowest BCUT2D eigenvalue weighted by Crippen LogP contribution is -2.16. The van der Waals surface area contributed by atoms with Crippen LogP contribution in [0.1, 0.15) is 11.1 Å². The van der Waals surface area contributed by atoms with Crippen molar-refractivity contribution in [1.82, 2.24) is 5.32 Å². The minimum Gasteiger partial charge on any atom is -0.492 e. The molecule has 0 aliphatic rings. The van der Waals surface area contributed by atoms with Crippen molar-refractivity contribution in [3.05, 3.63) is 29.3 Å². The molecule has 1 aromatic carbocycles. The Bertz CT molecular complexity index is 280. The van der Waals surface area contributed by atoms with Gasteiger partial charge < -0.3 is 20.3 Å². The van der Waals surface area contributed by atoms with E-state index in [2.05, 4.69) is 5.32 Å². The van der Waals surface area contributed by atoms with Crippen molar-refractivity contribution >= 4 is 0 Å². The molecule has 0 fully saturated rings. The van der Waals surface area contributed by atoms with Crippen molar-refractivity contribution in [3.8, 4) is 5.75 Å². The SMILES string of the molecule is CNCCOc1cc(CO)cc(CO)c1. The van der Waals surface area contributed by atoms with Crippen LogP contribution in [-0.2, 0) is 13.2 Å². The van der Waals surface area contributed by atoms with E-state index in [0.29, 0.717) is 12.4 Å². The van der Waals surface area contributed by atoms with Crippen molar-refractivity contribution in [2.45, 2.75) is 13.2 Å². The van der Waals surface area contributed by atoms with Gasteiger partial charge in [-0.3, -0.25) is 0 Å². The van der Waals surface area contributed by atoms with E-state index in [-0.39, 0.29) is 13.2 Å². The minimum absolute atomic E-state index is 0.0454. The zero-order valence-corrected chi connectivity index (χ0v) is 8.86. The lowest BCUT2D eigenvalue weighted by Gasteiger charge is -2.09. The van der Waals surface area contributed by atoms with Crippen molar-refractivity contribution < 1.29 is 14.9 Å². The monoisotopic (exact) mass is 211 g/mol. The molecule has 1 aromatic rings. The first-order valence-electron chi connectivity index (χ1n) is 4.92. The van der Waals surface area contributed by atoms with Gasteiger partial charge in [0.05, 0.1) is 13.2 Å². The van der Waals surface area contributed by atoms with E-state index in [9.17, 15) is 0 Å². The second-order valence-electron chi connectivity index (χ2n) is 3.25. The van der Waals surface area contributed by atoms with Crippen molar-refractivity contribution in [3.63, 3.8) is 0 Å². The van der Waals surface area contributed by atoms with E-state index in [0.717, 1.165) is 17.7 Å². The van der Waals surface area contributed by atoms with Gasteiger partial charge in [-0.05, 0) is 30.3 Å². The van der Waals surface area contributed by atoms with Crippen LogP contribution in [0, 0.1) is 0 Å². The third-order valence-corrected chi connectivity index (χ3v) is 2.01. The van der Waals surface area contributed by atoms with Crippen molar-refractivity contribution in [1.29, 1.82) is 0 Å². The molecule has 0 amide bonds. The third kappa shape index (κ3) is 3.87. The summed E-state index contributed by atoms with van der Waals surface area (Å²) in [4.78, 5) is 0. The van der Waals surface area contributed by atoms with Crippen molar-refractivity contribution in [2.75, 3.05) is 20.2 Å². The van der Waals surface area contributed by atoms with E-state index < -0.39 is 0 Å². The van der Waals surface area contributed by atoms with Gasteiger partial charge in [-0.1, -0.05) is 6.07 Å². The summed E-state index contributed by atoms with van der Waals surface area (Å²) in [5.74, 6) is 0.681. The fourth-order valence-electron chi connectivity index (χ4n) is 1.27. The van der Waals surface area contributed by atoms with Gasteiger partial charge in [0.15, 0.2) is 0 Å². The Morgan fingerprint density at radius 3 is 2.20 bits per heavy atom. The molecule has 0 aliphatic heterocycles. The van der Waals surface area contributed by atoms with E-state index in [4.69, 9.17) is 14.9 Å². The molecule has 4 heteroatoms. The topological polar surface area (TPSA) is 61.7 Å². The average molecular weight is 211 g/mol. The second kappa shape index (κ2) is 6.40. The Morgan fingerprint density at radius 2 is 1.73 bits per heavy atom. The van der Waals surface area contributed by atoms with Gasteiger partial charge in [0.2, 0.25) is 0 Å². The summed E-state index contributed by atoms with van der Waals surface area (Å²) in [5.41, 5.74) is 1.50. The highest BCUT2D eigenvalue weighted by atomic mass is 16.5. The summed E-state index contributed by atoms with van der Waals surface area (Å²) >= 11 is 0. The van der Waals surface area contributed by atoms with Gasteiger partial charge >= 0.3 is 0 Å². The highest BCUT2D eigenvalue weighted by Gasteiger charge is 2.00. The van der Waals surface area contributed by atoms with Crippen LogP contribution in [0.2, 0.25) is 0 Å². The molecule has 0 aromatic heterocycles. The number of aliphatic hydroxyl groups excluding tert-OH is 2. The van der Waals surface area contributed by atoms with Gasteiger partial charge in [-0.2, -0.15) is 0 Å². The van der Waals surface area contributed by atoms with Gasteiger partial charge in [0.1, 0.15) is 12.4 Å². The third-order valence-electron chi connectivity index (χ3n) is 2.01. The number of rotatable bonds is 6. The molecule has 15 heavy (non-hydrogen) atoms. The number of ether oxygens (including phenoxy) is 1. The molecule has 0 aliphatic carbocycles. The maximum Gasteiger partial charge on any atom is 0.120 e. The molecule has 0 saturated heterocycles. The highest BCUT2D eigenvalue weighted by Crippen LogP contribution is 2.17. The summed E-state index contributed by atoms with van der Waals surface area (Å²) < 4.78 is 5.45. The molecule has 4 nitrogen and oxygen atoms in total. The smallest absolute Gasteiger partial charge is 0.120 e. The van der Waals surface area contributed by atoms with Crippen LogP contribution >= 0.6 is 0 Å². The molecule has 3 N–H and O–H groups in total. The quantitative estimate of drug-likeness (QED) is 0.591. The fraction of sp³-hybridized carbons (Fsp3) is 0.455. The Balaban J connectivity index is 2.68. The molecule has 0 heterocycles. The lowest BCUT2D eigenvalue weighted by atomic mass is 10.1. The number of hydrogen-bond donors (Lipinski definition) is 3. The highest BCUT2D eigenvalue weighted by molar-refractivity contribution is 5.33. The van der Waals surface area contributed by atoms with E-state index in [1.807, 2.05) is 7.05 Å². The summed E-state index contributed by atoms with van der Waals surface area (Å²) in [6.07, 6.45) is 0. The lowest BCUT2D eigenvalue weighted by molar-refractivity contribution is 0.271. The molecule has 0 bridgehead atoms. The number of aliphatic hydroxyl groups is 2. The molecule has 0 spiro atoms. The number of nitrogens with one attached hydrogen (secondary N) is 1. The first-order valence-corrected chi connectivity index (χ1v) is 4.92. The molecule has 0 unspecified atom stereocenters. The van der Waals surface area contributed by atoms with Crippen LogP contribution in [-0.4, -0.2) is 30.4 Å². The Kier molecular flexibility index (Phi) is 5.10. The van der Waals surface area contributed by atoms with Gasteiger partial charge in [0, 0.05) is 6.54 Å². The van der Waals surface area contributed by atoms with Crippen molar-refractivity contribution in [2.24, 2.45) is 0 Å². The summed E-state index contributed by atoms with van der Waals surface area (Å²) in [6.45, 7) is 1.24. The van der Waals surface area contributed by atoms with E-state index >= 15 is 0 Å². The molecule has 0 atom stereocenters. The summed E-state index contributed by atoms with van der Waals surface area (Å²) in [7, 11) is 1.85. The van der Waals surface area contributed by atoms with E-state index in [1.165, 1.54) is 0 Å².